The van der Waals surface area contributed by atoms with Gasteiger partial charge in [0.2, 0.25) is 0 Å². The lowest BCUT2D eigenvalue weighted by Gasteiger charge is -2.02. The first-order valence-corrected chi connectivity index (χ1v) is 4.34. The Kier molecular flexibility index (Phi) is 1.80. The van der Waals surface area contributed by atoms with Gasteiger partial charge in [-0.1, -0.05) is 23.8 Å². The monoisotopic (exact) mass is 174 g/mol. The van der Waals surface area contributed by atoms with Crippen molar-refractivity contribution in [2.45, 2.75) is 13.8 Å². The Balaban J connectivity index is 2.65. The van der Waals surface area contributed by atoms with E-state index in [-0.39, 0.29) is 5.82 Å². The van der Waals surface area contributed by atoms with Gasteiger partial charge in [-0.15, -0.1) is 0 Å². The molecule has 0 N–H and O–H groups in total. The first kappa shape index (κ1) is 8.24. The lowest BCUT2D eigenvalue weighted by molar-refractivity contribution is 0.627. The van der Waals surface area contributed by atoms with Gasteiger partial charge in [0.05, 0.1) is 0 Å². The van der Waals surface area contributed by atoms with Crippen LogP contribution in [0.3, 0.4) is 0 Å². The second-order valence-corrected chi connectivity index (χ2v) is 3.48. The Hall–Kier alpha value is -1.37. The van der Waals surface area contributed by atoms with Crippen LogP contribution in [0.15, 0.2) is 29.8 Å². The minimum Gasteiger partial charge on any atom is -0.207 e. The van der Waals surface area contributed by atoms with Crippen LogP contribution in [0.5, 0.6) is 0 Å². The third kappa shape index (κ3) is 1.31. The van der Waals surface area contributed by atoms with Gasteiger partial charge in [0.1, 0.15) is 5.82 Å². The van der Waals surface area contributed by atoms with Crippen LogP contribution in [0, 0.1) is 5.82 Å². The molecule has 2 rings (SSSR count). The number of hydrogen-bond acceptors (Lipinski definition) is 0. The molecule has 66 valence electrons. The molecule has 0 unspecified atom stereocenters. The predicted molar refractivity (Wildman–Crippen MR) is 53.7 cm³/mol. The van der Waals surface area contributed by atoms with Crippen molar-refractivity contribution in [1.29, 1.82) is 0 Å². The summed E-state index contributed by atoms with van der Waals surface area (Å²) in [4.78, 5) is 0. The van der Waals surface area contributed by atoms with Gasteiger partial charge < -0.3 is 0 Å². The molecule has 13 heavy (non-hydrogen) atoms. The molecule has 0 saturated heterocycles. The van der Waals surface area contributed by atoms with E-state index in [9.17, 15) is 4.39 Å². The summed E-state index contributed by atoms with van der Waals surface area (Å²) in [7, 11) is 0. The quantitative estimate of drug-likeness (QED) is 0.563. The van der Waals surface area contributed by atoms with Gasteiger partial charge in [-0.25, -0.2) is 4.39 Å². The molecule has 0 saturated carbocycles. The molecular formula is C12H11F. The predicted octanol–water partition coefficient (Wildman–Crippen LogP) is 3.65. The van der Waals surface area contributed by atoms with Crippen LogP contribution in [0.25, 0.3) is 11.6 Å². The van der Waals surface area contributed by atoms with E-state index in [1.54, 1.807) is 6.07 Å². The van der Waals surface area contributed by atoms with Gasteiger partial charge in [0.25, 0.3) is 0 Å². The number of benzene rings is 1. The second-order valence-electron chi connectivity index (χ2n) is 3.48. The molecule has 0 nitrogen and oxygen atoms in total. The van der Waals surface area contributed by atoms with Gasteiger partial charge in [-0.05, 0) is 42.7 Å². The number of fused-ring (bicyclic) bond motifs is 1. The molecule has 1 aromatic carbocycles. The third-order valence-electron chi connectivity index (χ3n) is 2.27. The van der Waals surface area contributed by atoms with E-state index in [0.717, 1.165) is 16.7 Å². The van der Waals surface area contributed by atoms with Gasteiger partial charge in [0.15, 0.2) is 0 Å². The summed E-state index contributed by atoms with van der Waals surface area (Å²) in [5.74, 6) is -0.166. The largest absolute Gasteiger partial charge is 0.207 e. The molecule has 0 amide bonds. The summed E-state index contributed by atoms with van der Waals surface area (Å²) in [6.07, 6.45) is 4.07. The van der Waals surface area contributed by atoms with Crippen molar-refractivity contribution in [3.63, 3.8) is 0 Å². The van der Waals surface area contributed by atoms with Crippen LogP contribution in [-0.4, -0.2) is 0 Å². The standard InChI is InChI=1S/C12H11F/c1-8(2)11-6-4-9-3-5-10(13)7-12(9)11/h3-7H,1-2H3. The van der Waals surface area contributed by atoms with Crippen molar-refractivity contribution >= 4 is 11.6 Å². The average Bonchev–Trinajstić information content (AvgIpc) is 2.46. The van der Waals surface area contributed by atoms with E-state index >= 15 is 0 Å². The minimum atomic E-state index is -0.166. The van der Waals surface area contributed by atoms with E-state index in [0.29, 0.717) is 0 Å². The van der Waals surface area contributed by atoms with E-state index in [2.05, 4.69) is 0 Å². The molecule has 0 aliphatic heterocycles. The fraction of sp³-hybridized carbons (Fsp3) is 0.167. The Bertz CT molecular complexity index is 407. The van der Waals surface area contributed by atoms with Crippen LogP contribution >= 0.6 is 0 Å². The zero-order valence-electron chi connectivity index (χ0n) is 7.76. The topological polar surface area (TPSA) is 0 Å². The fourth-order valence-electron chi connectivity index (χ4n) is 1.61. The highest BCUT2D eigenvalue weighted by atomic mass is 19.1. The molecule has 0 heterocycles. The molecule has 0 fully saturated rings. The highest BCUT2D eigenvalue weighted by Gasteiger charge is 2.11. The fourth-order valence-corrected chi connectivity index (χ4v) is 1.61. The lowest BCUT2D eigenvalue weighted by atomic mass is 10.0. The summed E-state index contributed by atoms with van der Waals surface area (Å²) in [5, 5.41) is 0. The number of halogens is 1. The van der Waals surface area contributed by atoms with E-state index in [1.165, 1.54) is 11.6 Å². The van der Waals surface area contributed by atoms with Gasteiger partial charge in [0, 0.05) is 0 Å². The molecule has 1 heteroatoms. The lowest BCUT2D eigenvalue weighted by Crippen LogP contribution is -1.84. The summed E-state index contributed by atoms with van der Waals surface area (Å²) >= 11 is 0. The maximum atomic E-state index is 12.9. The second kappa shape index (κ2) is 2.84. The summed E-state index contributed by atoms with van der Waals surface area (Å²) in [6, 6.07) is 4.91. The van der Waals surface area contributed by atoms with Crippen molar-refractivity contribution in [1.82, 2.24) is 0 Å². The van der Waals surface area contributed by atoms with Crippen LogP contribution < -0.4 is 0 Å². The average molecular weight is 174 g/mol. The number of hydrogen-bond donors (Lipinski definition) is 0. The molecule has 0 aromatic heterocycles. The highest BCUT2D eigenvalue weighted by molar-refractivity contribution is 5.90. The molecule has 1 aliphatic carbocycles. The molecule has 1 aromatic rings. The maximum absolute atomic E-state index is 12.9. The van der Waals surface area contributed by atoms with Crippen molar-refractivity contribution < 1.29 is 4.39 Å². The first-order valence-electron chi connectivity index (χ1n) is 4.34. The van der Waals surface area contributed by atoms with Crippen LogP contribution in [0.2, 0.25) is 0 Å². The van der Waals surface area contributed by atoms with E-state index in [1.807, 2.05) is 32.1 Å². The first-order chi connectivity index (χ1) is 6.18. The molecule has 0 spiro atoms. The van der Waals surface area contributed by atoms with Crippen LogP contribution in [0.4, 0.5) is 4.39 Å². The highest BCUT2D eigenvalue weighted by Crippen LogP contribution is 2.31. The molecule has 0 bridgehead atoms. The number of rotatable bonds is 0. The molecular weight excluding hydrogens is 163 g/mol. The van der Waals surface area contributed by atoms with Gasteiger partial charge >= 0.3 is 0 Å². The third-order valence-corrected chi connectivity index (χ3v) is 2.27. The normalized spacial score (nSPS) is 13.3. The van der Waals surface area contributed by atoms with E-state index in [4.69, 9.17) is 0 Å². The Labute approximate surface area is 77.4 Å². The van der Waals surface area contributed by atoms with Crippen molar-refractivity contribution in [2.75, 3.05) is 0 Å². The van der Waals surface area contributed by atoms with Crippen LogP contribution in [0.1, 0.15) is 25.0 Å². The van der Waals surface area contributed by atoms with Crippen molar-refractivity contribution in [3.05, 3.63) is 46.8 Å². The summed E-state index contributed by atoms with van der Waals surface area (Å²) < 4.78 is 12.9. The zero-order valence-corrected chi connectivity index (χ0v) is 7.76. The maximum Gasteiger partial charge on any atom is 0.123 e. The minimum absolute atomic E-state index is 0.166. The SMILES string of the molecule is CC(C)=C1C=Cc2ccc(F)cc21. The van der Waals surface area contributed by atoms with Crippen molar-refractivity contribution in [3.8, 4) is 0 Å². The Morgan fingerprint density at radius 1 is 1.15 bits per heavy atom. The Morgan fingerprint density at radius 2 is 1.92 bits per heavy atom. The summed E-state index contributed by atoms with van der Waals surface area (Å²) in [6.45, 7) is 4.08. The smallest absolute Gasteiger partial charge is 0.123 e. The van der Waals surface area contributed by atoms with Gasteiger partial charge in [-0.3, -0.25) is 0 Å². The molecule has 1 aliphatic rings. The van der Waals surface area contributed by atoms with Gasteiger partial charge in [-0.2, -0.15) is 0 Å². The van der Waals surface area contributed by atoms with E-state index < -0.39 is 0 Å². The van der Waals surface area contributed by atoms with Crippen molar-refractivity contribution in [2.24, 2.45) is 0 Å². The zero-order chi connectivity index (χ0) is 9.42. The molecule has 0 atom stereocenters. The number of allylic oxidation sites excluding steroid dienone is 3. The summed E-state index contributed by atoms with van der Waals surface area (Å²) in [5.41, 5.74) is 4.49. The molecule has 0 radical (unpaired) electrons. The Morgan fingerprint density at radius 3 is 2.62 bits per heavy atom. The van der Waals surface area contributed by atoms with Crippen LogP contribution in [-0.2, 0) is 0 Å².